The molecule has 1 aromatic heterocycles. The molecule has 72 valence electrons. The summed E-state index contributed by atoms with van der Waals surface area (Å²) in [5, 5.41) is 9.46. The molecule has 0 aliphatic rings. The van der Waals surface area contributed by atoms with Crippen molar-refractivity contribution in [1.29, 1.82) is 0 Å². The maximum atomic E-state index is 10.5. The molecular formula is C8H12N2O2S. The molecule has 0 saturated heterocycles. The van der Waals surface area contributed by atoms with Gasteiger partial charge < -0.3 is 10.0 Å². The van der Waals surface area contributed by atoms with Crippen molar-refractivity contribution in [3.63, 3.8) is 0 Å². The number of rotatable bonds is 3. The van der Waals surface area contributed by atoms with E-state index in [0.29, 0.717) is 0 Å². The van der Waals surface area contributed by atoms with Gasteiger partial charge in [-0.1, -0.05) is 0 Å². The molecule has 0 aliphatic carbocycles. The summed E-state index contributed by atoms with van der Waals surface area (Å²) < 4.78 is 0. The van der Waals surface area contributed by atoms with Gasteiger partial charge in [-0.2, -0.15) is 0 Å². The normalized spacial score (nSPS) is 10.1. The highest BCUT2D eigenvalue weighted by molar-refractivity contribution is 7.15. The van der Waals surface area contributed by atoms with Gasteiger partial charge in [-0.3, -0.25) is 4.79 Å². The standard InChI is InChI=1S/C8H12N2O2S/c1-5-6(4-7(11)12)13-8(9-5)10(2)3/h4H2,1-3H3,(H,11,12). The van der Waals surface area contributed by atoms with E-state index in [1.54, 1.807) is 0 Å². The molecule has 1 heterocycles. The van der Waals surface area contributed by atoms with E-state index in [0.717, 1.165) is 15.7 Å². The van der Waals surface area contributed by atoms with Gasteiger partial charge in [0.05, 0.1) is 12.1 Å². The Balaban J connectivity index is 2.89. The lowest BCUT2D eigenvalue weighted by molar-refractivity contribution is -0.136. The molecule has 13 heavy (non-hydrogen) atoms. The lowest BCUT2D eigenvalue weighted by Gasteiger charge is -2.04. The van der Waals surface area contributed by atoms with Gasteiger partial charge in [-0.05, 0) is 6.92 Å². The van der Waals surface area contributed by atoms with Gasteiger partial charge in [0.25, 0.3) is 0 Å². The van der Waals surface area contributed by atoms with Crippen molar-refractivity contribution >= 4 is 22.4 Å². The molecule has 0 spiro atoms. The summed E-state index contributed by atoms with van der Waals surface area (Å²) in [4.78, 5) is 17.4. The highest BCUT2D eigenvalue weighted by atomic mass is 32.1. The monoisotopic (exact) mass is 200 g/mol. The van der Waals surface area contributed by atoms with Crippen molar-refractivity contribution in [3.8, 4) is 0 Å². The smallest absolute Gasteiger partial charge is 0.308 e. The van der Waals surface area contributed by atoms with Gasteiger partial charge in [0.15, 0.2) is 5.13 Å². The van der Waals surface area contributed by atoms with E-state index < -0.39 is 5.97 Å². The molecule has 0 saturated carbocycles. The highest BCUT2D eigenvalue weighted by Crippen LogP contribution is 2.24. The molecule has 5 heteroatoms. The number of aryl methyl sites for hydroxylation is 1. The van der Waals surface area contributed by atoms with Gasteiger partial charge in [0.2, 0.25) is 0 Å². The Hall–Kier alpha value is -1.10. The van der Waals surface area contributed by atoms with Crippen LogP contribution >= 0.6 is 11.3 Å². The molecule has 1 N–H and O–H groups in total. The van der Waals surface area contributed by atoms with Gasteiger partial charge in [0, 0.05) is 19.0 Å². The SMILES string of the molecule is Cc1nc(N(C)C)sc1CC(=O)O. The number of aliphatic carboxylic acids is 1. The fourth-order valence-corrected chi connectivity index (χ4v) is 1.88. The predicted molar refractivity (Wildman–Crippen MR) is 52.5 cm³/mol. The van der Waals surface area contributed by atoms with Crippen LogP contribution in [-0.4, -0.2) is 30.2 Å². The summed E-state index contributed by atoms with van der Waals surface area (Å²) in [6, 6.07) is 0. The maximum absolute atomic E-state index is 10.5. The van der Waals surface area contributed by atoms with Crippen LogP contribution in [0.15, 0.2) is 0 Å². The molecule has 0 fully saturated rings. The topological polar surface area (TPSA) is 53.4 Å². The number of aromatic nitrogens is 1. The van der Waals surface area contributed by atoms with Gasteiger partial charge in [0.1, 0.15) is 0 Å². The van der Waals surface area contributed by atoms with E-state index >= 15 is 0 Å². The lowest BCUT2D eigenvalue weighted by atomic mass is 10.3. The number of nitrogens with zero attached hydrogens (tertiary/aromatic N) is 2. The minimum Gasteiger partial charge on any atom is -0.481 e. The van der Waals surface area contributed by atoms with E-state index in [1.165, 1.54) is 11.3 Å². The summed E-state index contributed by atoms with van der Waals surface area (Å²) in [6.07, 6.45) is 0.0668. The van der Waals surface area contributed by atoms with Crippen molar-refractivity contribution in [1.82, 2.24) is 4.98 Å². The Morgan fingerprint density at radius 2 is 2.23 bits per heavy atom. The van der Waals surface area contributed by atoms with E-state index in [9.17, 15) is 4.79 Å². The van der Waals surface area contributed by atoms with Crippen LogP contribution < -0.4 is 4.90 Å². The van der Waals surface area contributed by atoms with Crippen LogP contribution in [-0.2, 0) is 11.2 Å². The molecule has 1 rings (SSSR count). The molecule has 0 unspecified atom stereocenters. The quantitative estimate of drug-likeness (QED) is 0.795. The minimum atomic E-state index is -0.808. The van der Waals surface area contributed by atoms with Crippen LogP contribution in [0, 0.1) is 6.92 Å². The first-order valence-electron chi connectivity index (χ1n) is 3.86. The fourth-order valence-electron chi connectivity index (χ4n) is 0.905. The zero-order valence-electron chi connectivity index (χ0n) is 7.87. The molecule has 0 amide bonds. The molecule has 4 nitrogen and oxygen atoms in total. The summed E-state index contributed by atoms with van der Waals surface area (Å²) >= 11 is 1.43. The summed E-state index contributed by atoms with van der Waals surface area (Å²) in [5.41, 5.74) is 0.816. The van der Waals surface area contributed by atoms with E-state index in [4.69, 9.17) is 5.11 Å². The van der Waals surface area contributed by atoms with Crippen LogP contribution in [0.5, 0.6) is 0 Å². The van der Waals surface area contributed by atoms with Crippen molar-refractivity contribution in [2.24, 2.45) is 0 Å². The van der Waals surface area contributed by atoms with Crippen LogP contribution in [0.4, 0.5) is 5.13 Å². The summed E-state index contributed by atoms with van der Waals surface area (Å²) in [7, 11) is 3.78. The number of anilines is 1. The number of thiazole rings is 1. The number of hydrogen-bond donors (Lipinski definition) is 1. The first-order chi connectivity index (χ1) is 6.00. The largest absolute Gasteiger partial charge is 0.481 e. The van der Waals surface area contributed by atoms with E-state index in [2.05, 4.69) is 4.98 Å². The van der Waals surface area contributed by atoms with Crippen molar-refractivity contribution in [2.45, 2.75) is 13.3 Å². The minimum absolute atomic E-state index is 0.0668. The Morgan fingerprint density at radius 1 is 1.62 bits per heavy atom. The van der Waals surface area contributed by atoms with Gasteiger partial charge >= 0.3 is 5.97 Å². The third-order valence-corrected chi connectivity index (χ3v) is 2.90. The average molecular weight is 200 g/mol. The Kier molecular flexibility index (Phi) is 2.87. The van der Waals surface area contributed by atoms with Crippen LogP contribution in [0.25, 0.3) is 0 Å². The summed E-state index contributed by atoms with van der Waals surface area (Å²) in [6.45, 7) is 1.84. The van der Waals surface area contributed by atoms with Crippen LogP contribution in [0.3, 0.4) is 0 Å². The van der Waals surface area contributed by atoms with Crippen molar-refractivity contribution < 1.29 is 9.90 Å². The van der Waals surface area contributed by atoms with E-state index in [-0.39, 0.29) is 6.42 Å². The van der Waals surface area contributed by atoms with E-state index in [1.807, 2.05) is 25.9 Å². The molecule has 0 aromatic carbocycles. The molecule has 0 bridgehead atoms. The second kappa shape index (κ2) is 3.74. The first-order valence-corrected chi connectivity index (χ1v) is 4.67. The second-order valence-electron chi connectivity index (χ2n) is 2.97. The number of hydrogen-bond acceptors (Lipinski definition) is 4. The molecule has 0 radical (unpaired) electrons. The number of carbonyl (C=O) groups is 1. The third kappa shape index (κ3) is 2.42. The Bertz CT molecular complexity index is 320. The number of carboxylic acid groups (broad SMARTS) is 1. The first kappa shape index (κ1) is 9.98. The Morgan fingerprint density at radius 3 is 2.62 bits per heavy atom. The summed E-state index contributed by atoms with van der Waals surface area (Å²) in [5.74, 6) is -0.808. The fraction of sp³-hybridized carbons (Fsp3) is 0.500. The van der Waals surface area contributed by atoms with Crippen molar-refractivity contribution in [2.75, 3.05) is 19.0 Å². The zero-order valence-corrected chi connectivity index (χ0v) is 8.68. The third-order valence-electron chi connectivity index (χ3n) is 1.58. The zero-order chi connectivity index (χ0) is 10.0. The van der Waals surface area contributed by atoms with Gasteiger partial charge in [-0.15, -0.1) is 11.3 Å². The Labute approximate surface area is 80.8 Å². The highest BCUT2D eigenvalue weighted by Gasteiger charge is 2.11. The molecule has 0 aliphatic heterocycles. The lowest BCUT2D eigenvalue weighted by Crippen LogP contribution is -2.07. The maximum Gasteiger partial charge on any atom is 0.308 e. The van der Waals surface area contributed by atoms with Crippen LogP contribution in [0.1, 0.15) is 10.6 Å². The second-order valence-corrected chi connectivity index (χ2v) is 4.03. The van der Waals surface area contributed by atoms with Crippen molar-refractivity contribution in [3.05, 3.63) is 10.6 Å². The van der Waals surface area contributed by atoms with Gasteiger partial charge in [-0.25, -0.2) is 4.98 Å². The number of carboxylic acids is 1. The molecular weight excluding hydrogens is 188 g/mol. The molecule has 0 atom stereocenters. The molecule has 1 aromatic rings. The van der Waals surface area contributed by atoms with Crippen LogP contribution in [0.2, 0.25) is 0 Å². The average Bonchev–Trinajstić information content (AvgIpc) is 2.31. The predicted octanol–water partition coefficient (Wildman–Crippen LogP) is 1.14.